The van der Waals surface area contributed by atoms with Crippen molar-refractivity contribution in [2.75, 3.05) is 39.3 Å². The van der Waals surface area contributed by atoms with Gasteiger partial charge in [0.15, 0.2) is 0 Å². The van der Waals surface area contributed by atoms with Gasteiger partial charge in [-0.15, -0.1) is 11.3 Å². The van der Waals surface area contributed by atoms with Crippen LogP contribution in [0.1, 0.15) is 17.6 Å². The maximum Gasteiger partial charge on any atom is 0.225 e. The maximum atomic E-state index is 12.5. The lowest BCUT2D eigenvalue weighted by Crippen LogP contribution is -2.54. The molecule has 1 amide bonds. The molecule has 0 saturated carbocycles. The number of amides is 1. The van der Waals surface area contributed by atoms with Crippen LogP contribution in [0.3, 0.4) is 0 Å². The first kappa shape index (κ1) is 14.9. The molecule has 21 heavy (non-hydrogen) atoms. The lowest BCUT2D eigenvalue weighted by atomic mass is 9.88. The van der Waals surface area contributed by atoms with E-state index in [-0.39, 0.29) is 5.92 Å². The van der Waals surface area contributed by atoms with Crippen LogP contribution in [0.4, 0.5) is 0 Å². The zero-order chi connectivity index (χ0) is 14.8. The summed E-state index contributed by atoms with van der Waals surface area (Å²) in [6.45, 7) is 10.6. The van der Waals surface area contributed by atoms with Crippen LogP contribution < -0.4 is 5.32 Å². The Morgan fingerprint density at radius 3 is 2.67 bits per heavy atom. The second kappa shape index (κ2) is 6.42. The van der Waals surface area contributed by atoms with Crippen LogP contribution in [0.2, 0.25) is 0 Å². The average molecular weight is 308 g/mol. The molecule has 2 aliphatic heterocycles. The fraction of sp³-hybridized carbons (Fsp3) is 0.733. The molecule has 3 rings (SSSR count). The minimum atomic E-state index is 0.166. The van der Waals surface area contributed by atoms with Crippen LogP contribution in [-0.2, 0) is 11.3 Å². The van der Waals surface area contributed by atoms with Gasteiger partial charge in [-0.1, -0.05) is 6.92 Å². The first-order chi connectivity index (χ1) is 10.1. The zero-order valence-electron chi connectivity index (χ0n) is 12.8. The van der Waals surface area contributed by atoms with Gasteiger partial charge in [-0.25, -0.2) is 4.98 Å². The van der Waals surface area contributed by atoms with Crippen molar-refractivity contribution in [2.45, 2.75) is 20.4 Å². The van der Waals surface area contributed by atoms with Gasteiger partial charge < -0.3 is 10.2 Å². The van der Waals surface area contributed by atoms with Gasteiger partial charge in [0, 0.05) is 44.0 Å². The van der Waals surface area contributed by atoms with Gasteiger partial charge in [0.25, 0.3) is 0 Å². The Morgan fingerprint density at radius 2 is 2.14 bits per heavy atom. The van der Waals surface area contributed by atoms with Gasteiger partial charge in [0.1, 0.15) is 0 Å². The number of nitrogens with zero attached hydrogens (tertiary/aromatic N) is 3. The van der Waals surface area contributed by atoms with Crippen molar-refractivity contribution < 1.29 is 4.79 Å². The molecule has 1 unspecified atom stereocenters. The summed E-state index contributed by atoms with van der Waals surface area (Å²) in [6.07, 6.45) is 0. The van der Waals surface area contributed by atoms with Gasteiger partial charge in [-0.3, -0.25) is 9.69 Å². The number of hydrogen-bond acceptors (Lipinski definition) is 5. The highest BCUT2D eigenvalue weighted by Crippen LogP contribution is 2.20. The van der Waals surface area contributed by atoms with Crippen LogP contribution in [0.25, 0.3) is 0 Å². The molecule has 0 radical (unpaired) electrons. The minimum absolute atomic E-state index is 0.166. The number of hydrogen-bond donors (Lipinski definition) is 1. The Kier molecular flexibility index (Phi) is 4.57. The van der Waals surface area contributed by atoms with E-state index >= 15 is 0 Å². The molecular weight excluding hydrogens is 284 g/mol. The summed E-state index contributed by atoms with van der Waals surface area (Å²) in [4.78, 5) is 21.4. The van der Waals surface area contributed by atoms with Crippen molar-refractivity contribution in [2.24, 2.45) is 11.8 Å². The number of aryl methyl sites for hydroxylation is 1. The quantitative estimate of drug-likeness (QED) is 0.900. The predicted molar refractivity (Wildman–Crippen MR) is 84.2 cm³/mol. The molecule has 0 bridgehead atoms. The number of carbonyl (C=O) groups is 1. The molecule has 1 atom stereocenters. The summed E-state index contributed by atoms with van der Waals surface area (Å²) >= 11 is 1.71. The van der Waals surface area contributed by atoms with Crippen molar-refractivity contribution >= 4 is 17.2 Å². The zero-order valence-corrected chi connectivity index (χ0v) is 13.7. The number of piperazine rings is 1. The third-order valence-corrected chi connectivity index (χ3v) is 5.47. The molecule has 1 aromatic rings. The van der Waals surface area contributed by atoms with Gasteiger partial charge >= 0.3 is 0 Å². The maximum absolute atomic E-state index is 12.5. The smallest absolute Gasteiger partial charge is 0.225 e. The SMILES string of the molecule is Cc1nc(CN2CCN(C(=O)C(C)C3CNC3)CC2)cs1. The standard InChI is InChI=1S/C15H24N4OS/c1-11(13-7-16-8-13)15(20)19-5-3-18(4-6-19)9-14-10-21-12(2)17-14/h10-11,13,16H,3-9H2,1-2H3. The molecule has 0 aliphatic carbocycles. The highest BCUT2D eigenvalue weighted by atomic mass is 32.1. The Bertz CT molecular complexity index is 492. The highest BCUT2D eigenvalue weighted by molar-refractivity contribution is 7.09. The van der Waals surface area contributed by atoms with E-state index in [2.05, 4.69) is 27.5 Å². The number of aromatic nitrogens is 1. The molecule has 0 aromatic carbocycles. The molecule has 6 heteroatoms. The summed E-state index contributed by atoms with van der Waals surface area (Å²) < 4.78 is 0. The van der Waals surface area contributed by atoms with Gasteiger partial charge in [-0.05, 0) is 25.9 Å². The topological polar surface area (TPSA) is 48.5 Å². The van der Waals surface area contributed by atoms with E-state index < -0.39 is 0 Å². The van der Waals surface area contributed by atoms with Crippen LogP contribution in [0.5, 0.6) is 0 Å². The van der Waals surface area contributed by atoms with Crippen LogP contribution in [0, 0.1) is 18.8 Å². The molecule has 3 heterocycles. The fourth-order valence-electron chi connectivity index (χ4n) is 2.99. The van der Waals surface area contributed by atoms with E-state index in [9.17, 15) is 4.79 Å². The molecule has 2 saturated heterocycles. The van der Waals surface area contributed by atoms with Crippen LogP contribution >= 0.6 is 11.3 Å². The number of thiazole rings is 1. The highest BCUT2D eigenvalue weighted by Gasteiger charge is 2.32. The van der Waals surface area contributed by atoms with Gasteiger partial charge in [0.2, 0.25) is 5.91 Å². The lowest BCUT2D eigenvalue weighted by Gasteiger charge is -2.39. The summed E-state index contributed by atoms with van der Waals surface area (Å²) in [6, 6.07) is 0. The Morgan fingerprint density at radius 1 is 1.43 bits per heavy atom. The number of carbonyl (C=O) groups excluding carboxylic acids is 1. The normalized spacial score (nSPS) is 22.1. The first-order valence-electron chi connectivity index (χ1n) is 7.76. The second-order valence-electron chi connectivity index (χ2n) is 6.17. The summed E-state index contributed by atoms with van der Waals surface area (Å²) in [5.41, 5.74) is 1.16. The van der Waals surface area contributed by atoms with E-state index in [4.69, 9.17) is 0 Å². The van der Waals surface area contributed by atoms with E-state index in [1.807, 2.05) is 11.8 Å². The second-order valence-corrected chi connectivity index (χ2v) is 7.23. The summed E-state index contributed by atoms with van der Waals surface area (Å²) in [5.74, 6) is 1.04. The molecule has 1 N–H and O–H groups in total. The average Bonchev–Trinajstić information content (AvgIpc) is 2.82. The van der Waals surface area contributed by atoms with Gasteiger partial charge in [-0.2, -0.15) is 0 Å². The Hall–Kier alpha value is -0.980. The largest absolute Gasteiger partial charge is 0.340 e. The Balaban J connectivity index is 1.47. The number of nitrogens with one attached hydrogen (secondary N) is 1. The van der Waals surface area contributed by atoms with E-state index in [0.717, 1.165) is 56.5 Å². The third-order valence-electron chi connectivity index (χ3n) is 4.65. The third kappa shape index (κ3) is 3.44. The first-order valence-corrected chi connectivity index (χ1v) is 8.64. The molecule has 2 aliphatic rings. The summed E-state index contributed by atoms with van der Waals surface area (Å²) in [5, 5.41) is 6.52. The van der Waals surface area contributed by atoms with Crippen molar-refractivity contribution in [3.05, 3.63) is 16.1 Å². The van der Waals surface area contributed by atoms with Crippen molar-refractivity contribution in [3.8, 4) is 0 Å². The fourth-order valence-corrected chi connectivity index (χ4v) is 3.59. The van der Waals surface area contributed by atoms with Crippen LogP contribution in [0.15, 0.2) is 5.38 Å². The molecule has 2 fully saturated rings. The van der Waals surface area contributed by atoms with Crippen LogP contribution in [-0.4, -0.2) is 60.0 Å². The molecule has 116 valence electrons. The van der Waals surface area contributed by atoms with Crippen molar-refractivity contribution in [1.29, 1.82) is 0 Å². The van der Waals surface area contributed by atoms with E-state index in [0.29, 0.717) is 11.8 Å². The number of rotatable bonds is 4. The summed E-state index contributed by atoms with van der Waals surface area (Å²) in [7, 11) is 0. The van der Waals surface area contributed by atoms with Gasteiger partial charge in [0.05, 0.1) is 10.7 Å². The van der Waals surface area contributed by atoms with E-state index in [1.54, 1.807) is 11.3 Å². The van der Waals surface area contributed by atoms with Crippen molar-refractivity contribution in [3.63, 3.8) is 0 Å². The predicted octanol–water partition coefficient (Wildman–Crippen LogP) is 0.951. The Labute approximate surface area is 130 Å². The minimum Gasteiger partial charge on any atom is -0.340 e. The molecular formula is C15H24N4OS. The molecule has 5 nitrogen and oxygen atoms in total. The van der Waals surface area contributed by atoms with Crippen molar-refractivity contribution in [1.82, 2.24) is 20.1 Å². The van der Waals surface area contributed by atoms with E-state index in [1.165, 1.54) is 0 Å². The lowest BCUT2D eigenvalue weighted by molar-refractivity contribution is -0.139. The molecule has 0 spiro atoms. The monoisotopic (exact) mass is 308 g/mol. The molecule has 1 aromatic heterocycles.